The highest BCUT2D eigenvalue weighted by atomic mass is 16.5. The Hall–Kier alpha value is -1.40. The van der Waals surface area contributed by atoms with Crippen molar-refractivity contribution in [3.63, 3.8) is 0 Å². The summed E-state index contributed by atoms with van der Waals surface area (Å²) in [5.74, 6) is 2.55. The second-order valence-electron chi connectivity index (χ2n) is 5.28. The fourth-order valence-corrected chi connectivity index (χ4v) is 2.04. The predicted octanol–water partition coefficient (Wildman–Crippen LogP) is 1.83. The summed E-state index contributed by atoms with van der Waals surface area (Å²) in [6, 6.07) is 2.02. The first-order valence-electron chi connectivity index (χ1n) is 7.61. The summed E-state index contributed by atoms with van der Waals surface area (Å²) in [6.45, 7) is 8.46. The van der Waals surface area contributed by atoms with Crippen molar-refractivity contribution < 1.29 is 4.74 Å². The Balaban J connectivity index is 2.97. The van der Waals surface area contributed by atoms with Crippen molar-refractivity contribution in [2.75, 3.05) is 57.6 Å². The van der Waals surface area contributed by atoms with Crippen molar-refractivity contribution in [3.05, 3.63) is 11.9 Å². The Morgan fingerprint density at radius 3 is 2.48 bits per heavy atom. The predicted molar refractivity (Wildman–Crippen MR) is 88.0 cm³/mol. The second-order valence-corrected chi connectivity index (χ2v) is 5.28. The van der Waals surface area contributed by atoms with E-state index in [2.05, 4.69) is 53.0 Å². The maximum Gasteiger partial charge on any atom is 0.158 e. The van der Waals surface area contributed by atoms with Crippen LogP contribution in [-0.2, 0) is 11.3 Å². The number of likely N-dealkylation sites (N-methyl/N-ethyl adjacent to an activating group) is 1. The lowest BCUT2D eigenvalue weighted by Gasteiger charge is -2.25. The zero-order valence-electron chi connectivity index (χ0n) is 14.0. The molecule has 0 radical (unpaired) electrons. The van der Waals surface area contributed by atoms with E-state index in [-0.39, 0.29) is 0 Å². The van der Waals surface area contributed by atoms with Gasteiger partial charge in [-0.3, -0.25) is 0 Å². The Kier molecular flexibility index (Phi) is 8.00. The van der Waals surface area contributed by atoms with Gasteiger partial charge in [-0.25, -0.2) is 9.97 Å². The van der Waals surface area contributed by atoms with E-state index in [0.717, 1.165) is 50.1 Å². The third-order valence-corrected chi connectivity index (χ3v) is 3.02. The van der Waals surface area contributed by atoms with Crippen molar-refractivity contribution in [1.82, 2.24) is 14.9 Å². The monoisotopic (exact) mass is 295 g/mol. The number of anilines is 2. The Bertz CT molecular complexity index is 387. The highest BCUT2D eigenvalue weighted by Crippen LogP contribution is 2.17. The molecule has 0 saturated carbocycles. The summed E-state index contributed by atoms with van der Waals surface area (Å²) in [4.78, 5) is 13.6. The number of ether oxygens (including phenoxy) is 1. The molecule has 0 aliphatic carbocycles. The molecule has 6 nitrogen and oxygen atoms in total. The molecule has 0 spiro atoms. The number of nitrogens with zero attached hydrogens (tertiary/aromatic N) is 4. The number of aromatic nitrogens is 2. The molecule has 120 valence electrons. The molecule has 0 unspecified atom stereocenters. The number of methoxy groups -OCH3 is 1. The quantitative estimate of drug-likeness (QED) is 0.711. The van der Waals surface area contributed by atoms with E-state index in [1.54, 1.807) is 7.11 Å². The number of nitrogens with one attached hydrogen (secondary N) is 1. The van der Waals surface area contributed by atoms with Crippen LogP contribution in [0.1, 0.15) is 26.1 Å². The van der Waals surface area contributed by atoms with Gasteiger partial charge in [-0.05, 0) is 27.4 Å². The normalized spacial score (nSPS) is 11.0. The Morgan fingerprint density at radius 2 is 1.90 bits per heavy atom. The third kappa shape index (κ3) is 6.27. The van der Waals surface area contributed by atoms with Gasteiger partial charge < -0.3 is 19.9 Å². The van der Waals surface area contributed by atoms with Crippen LogP contribution in [0.2, 0.25) is 0 Å². The second kappa shape index (κ2) is 9.52. The van der Waals surface area contributed by atoms with Gasteiger partial charge in [-0.15, -0.1) is 0 Å². The van der Waals surface area contributed by atoms with E-state index < -0.39 is 0 Å². The SMILES string of the molecule is CCCN(CCN(C)C)c1cc(NCC)nc(COC)n1. The van der Waals surface area contributed by atoms with Crippen LogP contribution in [-0.4, -0.2) is 62.3 Å². The summed E-state index contributed by atoms with van der Waals surface area (Å²) >= 11 is 0. The molecule has 1 aromatic rings. The molecule has 0 aliphatic rings. The molecule has 0 saturated heterocycles. The summed E-state index contributed by atoms with van der Waals surface area (Å²) in [6.07, 6.45) is 1.09. The fraction of sp³-hybridized carbons (Fsp3) is 0.733. The standard InChI is InChI=1S/C15H29N5O/c1-6-8-20(10-9-19(3)4)15-11-13(16-7-2)17-14(18-15)12-21-5/h11H,6-10,12H2,1-5H3,(H,16,17,18). The lowest BCUT2D eigenvalue weighted by atomic mass is 10.3. The van der Waals surface area contributed by atoms with Crippen molar-refractivity contribution in [2.45, 2.75) is 26.9 Å². The maximum atomic E-state index is 5.17. The van der Waals surface area contributed by atoms with Gasteiger partial charge in [0, 0.05) is 39.4 Å². The first-order valence-corrected chi connectivity index (χ1v) is 7.61. The zero-order chi connectivity index (χ0) is 15.7. The molecule has 1 rings (SSSR count). The summed E-state index contributed by atoms with van der Waals surface area (Å²) in [5, 5.41) is 3.26. The highest BCUT2D eigenvalue weighted by Gasteiger charge is 2.11. The molecule has 0 bridgehead atoms. The lowest BCUT2D eigenvalue weighted by Crippen LogP contribution is -2.33. The summed E-state index contributed by atoms with van der Waals surface area (Å²) in [5.41, 5.74) is 0. The average Bonchev–Trinajstić information content (AvgIpc) is 2.43. The van der Waals surface area contributed by atoms with E-state index in [0.29, 0.717) is 6.61 Å². The Morgan fingerprint density at radius 1 is 1.14 bits per heavy atom. The molecule has 0 aliphatic heterocycles. The maximum absolute atomic E-state index is 5.17. The van der Waals surface area contributed by atoms with Gasteiger partial charge in [-0.2, -0.15) is 0 Å². The van der Waals surface area contributed by atoms with Crippen LogP contribution >= 0.6 is 0 Å². The molecule has 1 aromatic heterocycles. The number of hydrogen-bond acceptors (Lipinski definition) is 6. The third-order valence-electron chi connectivity index (χ3n) is 3.02. The van der Waals surface area contributed by atoms with E-state index in [1.165, 1.54) is 0 Å². The number of hydrogen-bond donors (Lipinski definition) is 1. The molecule has 21 heavy (non-hydrogen) atoms. The van der Waals surface area contributed by atoms with Crippen molar-refractivity contribution in [3.8, 4) is 0 Å². The highest BCUT2D eigenvalue weighted by molar-refractivity contribution is 5.49. The smallest absolute Gasteiger partial charge is 0.158 e. The largest absolute Gasteiger partial charge is 0.377 e. The van der Waals surface area contributed by atoms with Crippen LogP contribution in [0, 0.1) is 0 Å². The molecule has 0 amide bonds. The van der Waals surface area contributed by atoms with Gasteiger partial charge in [0.05, 0.1) is 0 Å². The van der Waals surface area contributed by atoms with E-state index in [4.69, 9.17) is 4.74 Å². The zero-order valence-corrected chi connectivity index (χ0v) is 14.0. The van der Waals surface area contributed by atoms with Crippen LogP contribution in [0.25, 0.3) is 0 Å². The van der Waals surface area contributed by atoms with Crippen LogP contribution in [0.3, 0.4) is 0 Å². The van der Waals surface area contributed by atoms with Gasteiger partial charge in [0.1, 0.15) is 18.2 Å². The molecule has 0 fully saturated rings. The summed E-state index contributed by atoms with van der Waals surface area (Å²) in [7, 11) is 5.84. The molecule has 1 N–H and O–H groups in total. The van der Waals surface area contributed by atoms with Gasteiger partial charge in [-0.1, -0.05) is 6.92 Å². The van der Waals surface area contributed by atoms with Gasteiger partial charge in [0.15, 0.2) is 5.82 Å². The van der Waals surface area contributed by atoms with Crippen molar-refractivity contribution in [1.29, 1.82) is 0 Å². The minimum absolute atomic E-state index is 0.430. The first kappa shape index (κ1) is 17.7. The lowest BCUT2D eigenvalue weighted by molar-refractivity contribution is 0.178. The van der Waals surface area contributed by atoms with Crippen molar-refractivity contribution in [2.24, 2.45) is 0 Å². The molecule has 0 atom stereocenters. The fourth-order valence-electron chi connectivity index (χ4n) is 2.04. The number of rotatable bonds is 10. The molecular weight excluding hydrogens is 266 g/mol. The van der Waals surface area contributed by atoms with Gasteiger partial charge in [0.2, 0.25) is 0 Å². The van der Waals surface area contributed by atoms with Gasteiger partial charge in [0.25, 0.3) is 0 Å². The van der Waals surface area contributed by atoms with Crippen LogP contribution in [0.4, 0.5) is 11.6 Å². The first-order chi connectivity index (χ1) is 10.1. The minimum atomic E-state index is 0.430. The Labute approximate surface area is 128 Å². The molecule has 0 aromatic carbocycles. The topological polar surface area (TPSA) is 53.5 Å². The minimum Gasteiger partial charge on any atom is -0.377 e. The summed E-state index contributed by atoms with van der Waals surface area (Å²) < 4.78 is 5.17. The molecular formula is C15H29N5O. The molecule has 6 heteroatoms. The van der Waals surface area contributed by atoms with E-state index >= 15 is 0 Å². The van der Waals surface area contributed by atoms with Crippen molar-refractivity contribution >= 4 is 11.6 Å². The van der Waals surface area contributed by atoms with E-state index in [1.807, 2.05) is 6.07 Å². The van der Waals surface area contributed by atoms with Crippen LogP contribution in [0.15, 0.2) is 6.07 Å². The average molecular weight is 295 g/mol. The van der Waals surface area contributed by atoms with Gasteiger partial charge >= 0.3 is 0 Å². The molecule has 1 heterocycles. The van der Waals surface area contributed by atoms with E-state index in [9.17, 15) is 0 Å². The van der Waals surface area contributed by atoms with Crippen LogP contribution in [0.5, 0.6) is 0 Å². The van der Waals surface area contributed by atoms with Crippen LogP contribution < -0.4 is 10.2 Å².